The zero-order valence-electron chi connectivity index (χ0n) is 9.20. The summed E-state index contributed by atoms with van der Waals surface area (Å²) in [4.78, 5) is 11.4. The van der Waals surface area contributed by atoms with Gasteiger partial charge < -0.3 is 0 Å². The Kier molecular flexibility index (Phi) is 3.13. The van der Waals surface area contributed by atoms with Crippen LogP contribution in [-0.2, 0) is 0 Å². The van der Waals surface area contributed by atoms with Crippen molar-refractivity contribution in [1.29, 1.82) is 0 Å². The van der Waals surface area contributed by atoms with Crippen LogP contribution in [0.25, 0.3) is 10.7 Å². The number of halogens is 2. The Morgan fingerprint density at radius 2 is 2.12 bits per heavy atom. The first-order chi connectivity index (χ1) is 8.15. The highest BCUT2D eigenvalue weighted by atomic mass is 127. The second kappa shape index (κ2) is 4.48. The largest absolute Gasteiger partial charge is 0.231 e. The van der Waals surface area contributed by atoms with Crippen LogP contribution in [0.3, 0.4) is 0 Å². The SMILES string of the molecule is Cc1ccc(-c2nc(Cl)c(I)c(C3CC3)n2)s1. The zero-order chi connectivity index (χ0) is 12.0. The topological polar surface area (TPSA) is 25.8 Å². The maximum Gasteiger partial charge on any atom is 0.171 e. The van der Waals surface area contributed by atoms with Crippen LogP contribution in [0.5, 0.6) is 0 Å². The normalized spacial score (nSPS) is 15.2. The average molecular weight is 377 g/mol. The fourth-order valence-corrected chi connectivity index (χ4v) is 3.39. The summed E-state index contributed by atoms with van der Waals surface area (Å²) < 4.78 is 1.02. The second-order valence-corrected chi connectivity index (χ2v) is 6.95. The molecule has 2 nitrogen and oxygen atoms in total. The molecular weight excluding hydrogens is 367 g/mol. The molecule has 0 aliphatic heterocycles. The first-order valence-electron chi connectivity index (χ1n) is 5.45. The van der Waals surface area contributed by atoms with Crippen molar-refractivity contribution in [2.75, 3.05) is 0 Å². The standard InChI is InChI=1S/C12H10ClIN2S/c1-6-2-5-8(17-6)12-15-10(7-3-4-7)9(14)11(13)16-12/h2,5,7H,3-4H2,1H3. The molecule has 1 aliphatic carbocycles. The number of aryl methyl sites for hydroxylation is 1. The van der Waals surface area contributed by atoms with Gasteiger partial charge in [0.25, 0.3) is 0 Å². The lowest BCUT2D eigenvalue weighted by Gasteiger charge is -2.05. The van der Waals surface area contributed by atoms with Crippen molar-refractivity contribution in [3.8, 4) is 10.7 Å². The molecule has 1 fully saturated rings. The Labute approximate surface area is 123 Å². The van der Waals surface area contributed by atoms with Gasteiger partial charge >= 0.3 is 0 Å². The van der Waals surface area contributed by atoms with Gasteiger partial charge in [0, 0.05) is 10.8 Å². The van der Waals surface area contributed by atoms with Crippen molar-refractivity contribution in [3.63, 3.8) is 0 Å². The number of thiophene rings is 1. The highest BCUT2D eigenvalue weighted by Gasteiger charge is 2.29. The van der Waals surface area contributed by atoms with Gasteiger partial charge in [-0.2, -0.15) is 0 Å². The van der Waals surface area contributed by atoms with Gasteiger partial charge in [0.1, 0.15) is 5.15 Å². The summed E-state index contributed by atoms with van der Waals surface area (Å²) in [5.74, 6) is 1.37. The molecule has 17 heavy (non-hydrogen) atoms. The molecule has 0 saturated heterocycles. The summed E-state index contributed by atoms with van der Waals surface area (Å²) in [6.45, 7) is 2.09. The predicted octanol–water partition coefficient (Wildman–Crippen LogP) is 4.65. The minimum absolute atomic E-state index is 0.587. The van der Waals surface area contributed by atoms with Gasteiger partial charge in [-0.05, 0) is 54.5 Å². The van der Waals surface area contributed by atoms with E-state index in [4.69, 9.17) is 11.6 Å². The van der Waals surface area contributed by atoms with Crippen molar-refractivity contribution in [3.05, 3.63) is 31.4 Å². The number of aromatic nitrogens is 2. The molecule has 0 N–H and O–H groups in total. The molecule has 0 bridgehead atoms. The molecule has 2 heterocycles. The summed E-state index contributed by atoms with van der Waals surface area (Å²) >= 11 is 10.2. The van der Waals surface area contributed by atoms with Crippen LogP contribution in [0, 0.1) is 10.5 Å². The van der Waals surface area contributed by atoms with Crippen LogP contribution in [0.4, 0.5) is 0 Å². The molecule has 2 aromatic heterocycles. The van der Waals surface area contributed by atoms with Crippen molar-refractivity contribution in [2.24, 2.45) is 0 Å². The minimum atomic E-state index is 0.587. The molecule has 5 heteroatoms. The number of hydrogen-bond donors (Lipinski definition) is 0. The average Bonchev–Trinajstić information content (AvgIpc) is 3.05. The van der Waals surface area contributed by atoms with Gasteiger partial charge in [-0.1, -0.05) is 11.6 Å². The first kappa shape index (κ1) is 11.9. The first-order valence-corrected chi connectivity index (χ1v) is 7.72. The van der Waals surface area contributed by atoms with Gasteiger partial charge in [0.05, 0.1) is 14.1 Å². The van der Waals surface area contributed by atoms with E-state index in [2.05, 4.69) is 51.6 Å². The van der Waals surface area contributed by atoms with E-state index in [0.29, 0.717) is 11.1 Å². The summed E-state index contributed by atoms with van der Waals surface area (Å²) in [6.07, 6.45) is 2.46. The Balaban J connectivity index is 2.11. The molecule has 0 spiro atoms. The molecule has 3 rings (SSSR count). The molecular formula is C12H10ClIN2S. The lowest BCUT2D eigenvalue weighted by Crippen LogP contribution is -1.98. The lowest BCUT2D eigenvalue weighted by atomic mass is 10.3. The molecule has 0 unspecified atom stereocenters. The van der Waals surface area contributed by atoms with E-state index < -0.39 is 0 Å². The fourth-order valence-electron chi connectivity index (χ4n) is 1.73. The van der Waals surface area contributed by atoms with Crippen molar-refractivity contribution >= 4 is 45.5 Å². The fraction of sp³-hybridized carbons (Fsp3) is 0.333. The van der Waals surface area contributed by atoms with Gasteiger partial charge in [0.2, 0.25) is 0 Å². The van der Waals surface area contributed by atoms with Crippen molar-refractivity contribution in [2.45, 2.75) is 25.7 Å². The number of nitrogens with zero attached hydrogens (tertiary/aromatic N) is 2. The molecule has 0 amide bonds. The van der Waals surface area contributed by atoms with Gasteiger partial charge in [-0.25, -0.2) is 9.97 Å². The third kappa shape index (κ3) is 2.35. The third-order valence-corrected chi connectivity index (χ3v) is 5.41. The van der Waals surface area contributed by atoms with E-state index in [-0.39, 0.29) is 0 Å². The number of rotatable bonds is 2. The third-order valence-electron chi connectivity index (χ3n) is 2.76. The summed E-state index contributed by atoms with van der Waals surface area (Å²) in [6, 6.07) is 4.15. The smallest absolute Gasteiger partial charge is 0.171 e. The molecule has 1 aliphatic rings. The number of hydrogen-bond acceptors (Lipinski definition) is 3. The Morgan fingerprint density at radius 3 is 2.71 bits per heavy atom. The van der Waals surface area contributed by atoms with Crippen LogP contribution >= 0.6 is 45.5 Å². The van der Waals surface area contributed by atoms with Gasteiger partial charge in [0.15, 0.2) is 5.82 Å². The molecule has 0 radical (unpaired) electrons. The van der Waals surface area contributed by atoms with Crippen LogP contribution in [0.1, 0.15) is 29.3 Å². The molecule has 0 atom stereocenters. The highest BCUT2D eigenvalue weighted by Crippen LogP contribution is 2.43. The monoisotopic (exact) mass is 376 g/mol. The predicted molar refractivity (Wildman–Crippen MR) is 79.8 cm³/mol. The minimum Gasteiger partial charge on any atom is -0.231 e. The maximum absolute atomic E-state index is 6.19. The lowest BCUT2D eigenvalue weighted by molar-refractivity contribution is 0.980. The summed E-state index contributed by atoms with van der Waals surface area (Å²) in [7, 11) is 0. The molecule has 88 valence electrons. The molecule has 0 aromatic carbocycles. The second-order valence-electron chi connectivity index (χ2n) is 4.22. The van der Waals surface area contributed by atoms with E-state index in [0.717, 1.165) is 20.0 Å². The Hall–Kier alpha value is -0.200. The van der Waals surface area contributed by atoms with Crippen molar-refractivity contribution < 1.29 is 0 Å². The van der Waals surface area contributed by atoms with E-state index in [1.54, 1.807) is 11.3 Å². The van der Waals surface area contributed by atoms with Crippen LogP contribution in [-0.4, -0.2) is 9.97 Å². The van der Waals surface area contributed by atoms with Gasteiger partial charge in [-0.15, -0.1) is 11.3 Å². The Morgan fingerprint density at radius 1 is 1.35 bits per heavy atom. The summed E-state index contributed by atoms with van der Waals surface area (Å²) in [5, 5.41) is 0.587. The maximum atomic E-state index is 6.19. The van der Waals surface area contributed by atoms with Gasteiger partial charge in [-0.3, -0.25) is 0 Å². The zero-order valence-corrected chi connectivity index (χ0v) is 12.9. The van der Waals surface area contributed by atoms with Crippen LogP contribution < -0.4 is 0 Å². The summed E-state index contributed by atoms with van der Waals surface area (Å²) in [5.41, 5.74) is 1.13. The van der Waals surface area contributed by atoms with E-state index in [9.17, 15) is 0 Å². The molecule has 1 saturated carbocycles. The quantitative estimate of drug-likeness (QED) is 0.563. The van der Waals surface area contributed by atoms with E-state index in [1.165, 1.54) is 17.7 Å². The van der Waals surface area contributed by atoms with Crippen molar-refractivity contribution in [1.82, 2.24) is 9.97 Å². The Bertz CT molecular complexity index is 578. The highest BCUT2D eigenvalue weighted by molar-refractivity contribution is 14.1. The molecule has 2 aromatic rings. The van der Waals surface area contributed by atoms with Crippen LogP contribution in [0.15, 0.2) is 12.1 Å². The van der Waals surface area contributed by atoms with E-state index >= 15 is 0 Å². The van der Waals surface area contributed by atoms with Crippen LogP contribution in [0.2, 0.25) is 5.15 Å². The van der Waals surface area contributed by atoms with E-state index in [1.807, 2.05) is 0 Å².